The number of rotatable bonds is 3. The Hall–Kier alpha value is -1.79. The minimum atomic E-state index is 0. The summed E-state index contributed by atoms with van der Waals surface area (Å²) in [5.41, 5.74) is 6.75. The highest BCUT2D eigenvalue weighted by Gasteiger charge is 2.06. The van der Waals surface area contributed by atoms with Gasteiger partial charge < -0.3 is 15.8 Å². The van der Waals surface area contributed by atoms with Crippen LogP contribution in [-0.2, 0) is 0 Å². The summed E-state index contributed by atoms with van der Waals surface area (Å²) in [6.45, 7) is 0. The fraction of sp³-hybridized carbons (Fsp3) is 0.100. The number of nitrogen functional groups attached to an aromatic ring is 1. The quantitative estimate of drug-likeness (QED) is 0.843. The predicted octanol–water partition coefficient (Wildman–Crippen LogP) is 2.28. The normalized spacial score (nSPS) is 9.44. The van der Waals surface area contributed by atoms with Gasteiger partial charge in [0, 0.05) is 6.07 Å². The molecular formula is C10H11Cl2N5O. The van der Waals surface area contributed by atoms with E-state index in [1.165, 1.54) is 6.33 Å². The Morgan fingerprint density at radius 3 is 2.67 bits per heavy atom. The second-order valence-corrected chi connectivity index (χ2v) is 3.50. The summed E-state index contributed by atoms with van der Waals surface area (Å²) in [5.74, 6) is 0.973. The van der Waals surface area contributed by atoms with Crippen molar-refractivity contribution in [1.82, 2.24) is 15.0 Å². The SMILES string of the molecule is COc1ccc(Nc2ncnc(Cl)c2N)cn1.Cl. The topological polar surface area (TPSA) is 86.0 Å². The molecule has 0 saturated heterocycles. The van der Waals surface area contributed by atoms with E-state index < -0.39 is 0 Å². The predicted molar refractivity (Wildman–Crippen MR) is 72.8 cm³/mol. The van der Waals surface area contributed by atoms with E-state index in [0.717, 1.165) is 5.69 Å². The van der Waals surface area contributed by atoms with Crippen LogP contribution in [0.3, 0.4) is 0 Å². The first-order chi connectivity index (χ1) is 8.20. The number of halogens is 2. The molecule has 2 aromatic rings. The lowest BCUT2D eigenvalue weighted by molar-refractivity contribution is 0.398. The molecule has 0 radical (unpaired) electrons. The van der Waals surface area contributed by atoms with E-state index in [0.29, 0.717) is 17.4 Å². The summed E-state index contributed by atoms with van der Waals surface area (Å²) in [5, 5.41) is 3.20. The largest absolute Gasteiger partial charge is 0.481 e. The molecule has 0 aliphatic rings. The molecule has 0 amide bonds. The molecule has 96 valence electrons. The highest BCUT2D eigenvalue weighted by Crippen LogP contribution is 2.25. The number of aromatic nitrogens is 3. The molecule has 18 heavy (non-hydrogen) atoms. The van der Waals surface area contributed by atoms with Gasteiger partial charge in [-0.15, -0.1) is 12.4 Å². The van der Waals surface area contributed by atoms with Crippen LogP contribution in [0.2, 0.25) is 5.15 Å². The number of ether oxygens (including phenoxy) is 1. The van der Waals surface area contributed by atoms with Gasteiger partial charge in [0.2, 0.25) is 5.88 Å². The standard InChI is InChI=1S/C10H10ClN5O.ClH/c1-17-7-3-2-6(4-13-7)16-10-8(12)9(11)14-5-15-10;/h2-5H,12H2,1H3,(H,14,15,16);1H. The zero-order chi connectivity index (χ0) is 12.3. The van der Waals surface area contributed by atoms with Crippen LogP contribution in [0.25, 0.3) is 0 Å². The van der Waals surface area contributed by atoms with Gasteiger partial charge >= 0.3 is 0 Å². The molecule has 8 heteroatoms. The van der Waals surface area contributed by atoms with Crippen molar-refractivity contribution in [1.29, 1.82) is 0 Å². The average Bonchev–Trinajstić information content (AvgIpc) is 2.36. The van der Waals surface area contributed by atoms with Crippen molar-refractivity contribution < 1.29 is 4.74 Å². The summed E-state index contributed by atoms with van der Waals surface area (Å²) in [4.78, 5) is 11.8. The Morgan fingerprint density at radius 2 is 2.06 bits per heavy atom. The zero-order valence-corrected chi connectivity index (χ0v) is 11.0. The van der Waals surface area contributed by atoms with Gasteiger partial charge in [-0.1, -0.05) is 11.6 Å². The Morgan fingerprint density at radius 1 is 1.28 bits per heavy atom. The summed E-state index contributed by atoms with van der Waals surface area (Å²) in [6.07, 6.45) is 2.94. The maximum atomic E-state index is 5.78. The highest BCUT2D eigenvalue weighted by molar-refractivity contribution is 6.32. The van der Waals surface area contributed by atoms with Crippen LogP contribution in [-0.4, -0.2) is 22.1 Å². The van der Waals surface area contributed by atoms with E-state index in [1.54, 1.807) is 25.4 Å². The van der Waals surface area contributed by atoms with Crippen LogP contribution in [0.15, 0.2) is 24.7 Å². The number of methoxy groups -OCH3 is 1. The van der Waals surface area contributed by atoms with Crippen LogP contribution < -0.4 is 15.8 Å². The molecule has 2 heterocycles. The molecule has 0 bridgehead atoms. The maximum absolute atomic E-state index is 5.78. The molecule has 0 aliphatic carbocycles. The average molecular weight is 288 g/mol. The van der Waals surface area contributed by atoms with E-state index in [-0.39, 0.29) is 17.6 Å². The fourth-order valence-corrected chi connectivity index (χ4v) is 1.32. The minimum Gasteiger partial charge on any atom is -0.481 e. The Balaban J connectivity index is 0.00000162. The number of nitrogens with zero attached hydrogens (tertiary/aromatic N) is 3. The van der Waals surface area contributed by atoms with E-state index in [4.69, 9.17) is 22.1 Å². The fourth-order valence-electron chi connectivity index (χ4n) is 1.19. The van der Waals surface area contributed by atoms with Crippen LogP contribution in [0.4, 0.5) is 17.2 Å². The molecule has 0 saturated carbocycles. The lowest BCUT2D eigenvalue weighted by Crippen LogP contribution is -2.01. The van der Waals surface area contributed by atoms with E-state index in [9.17, 15) is 0 Å². The van der Waals surface area contributed by atoms with Gasteiger partial charge in [-0.05, 0) is 6.07 Å². The molecular weight excluding hydrogens is 277 g/mol. The molecule has 0 unspecified atom stereocenters. The number of anilines is 3. The number of hydrogen-bond acceptors (Lipinski definition) is 6. The maximum Gasteiger partial charge on any atom is 0.213 e. The molecule has 0 fully saturated rings. The van der Waals surface area contributed by atoms with Gasteiger partial charge in [0.1, 0.15) is 12.0 Å². The first-order valence-electron chi connectivity index (χ1n) is 4.73. The molecule has 2 rings (SSSR count). The Bertz CT molecular complexity index is 520. The second-order valence-electron chi connectivity index (χ2n) is 3.14. The van der Waals surface area contributed by atoms with Crippen molar-refractivity contribution in [2.75, 3.05) is 18.2 Å². The molecule has 0 aliphatic heterocycles. The number of nitrogens with one attached hydrogen (secondary N) is 1. The van der Waals surface area contributed by atoms with Crippen LogP contribution in [0.1, 0.15) is 0 Å². The smallest absolute Gasteiger partial charge is 0.213 e. The first kappa shape index (κ1) is 14.3. The Labute approximate surface area is 115 Å². The Kier molecular flexibility index (Phi) is 4.94. The molecule has 0 aromatic carbocycles. The number of hydrogen-bond donors (Lipinski definition) is 2. The lowest BCUT2D eigenvalue weighted by Gasteiger charge is -2.08. The molecule has 3 N–H and O–H groups in total. The van der Waals surface area contributed by atoms with Crippen molar-refractivity contribution in [3.63, 3.8) is 0 Å². The van der Waals surface area contributed by atoms with Crippen molar-refractivity contribution in [3.05, 3.63) is 29.8 Å². The van der Waals surface area contributed by atoms with Crippen LogP contribution >= 0.6 is 24.0 Å². The number of nitrogens with two attached hydrogens (primary N) is 1. The molecule has 6 nitrogen and oxygen atoms in total. The third kappa shape index (κ3) is 3.12. The van der Waals surface area contributed by atoms with Crippen molar-refractivity contribution in [2.24, 2.45) is 0 Å². The van der Waals surface area contributed by atoms with E-state index >= 15 is 0 Å². The van der Waals surface area contributed by atoms with Gasteiger partial charge in [-0.2, -0.15) is 0 Å². The lowest BCUT2D eigenvalue weighted by atomic mass is 10.4. The van der Waals surface area contributed by atoms with Crippen LogP contribution in [0.5, 0.6) is 5.88 Å². The minimum absolute atomic E-state index is 0. The van der Waals surface area contributed by atoms with E-state index in [2.05, 4.69) is 20.3 Å². The third-order valence-corrected chi connectivity index (χ3v) is 2.34. The third-order valence-electron chi connectivity index (χ3n) is 2.04. The van der Waals surface area contributed by atoms with E-state index in [1.807, 2.05) is 0 Å². The molecule has 2 aromatic heterocycles. The summed E-state index contributed by atoms with van der Waals surface area (Å²) < 4.78 is 4.95. The van der Waals surface area contributed by atoms with Gasteiger partial charge in [0.05, 0.1) is 19.0 Å². The monoisotopic (exact) mass is 287 g/mol. The molecule has 0 atom stereocenters. The second kappa shape index (κ2) is 6.23. The summed E-state index contributed by atoms with van der Waals surface area (Å²) >= 11 is 5.78. The summed E-state index contributed by atoms with van der Waals surface area (Å²) in [7, 11) is 1.55. The van der Waals surface area contributed by atoms with Gasteiger partial charge in [-0.25, -0.2) is 15.0 Å². The van der Waals surface area contributed by atoms with Crippen molar-refractivity contribution >= 4 is 41.2 Å². The van der Waals surface area contributed by atoms with Gasteiger partial charge in [0.25, 0.3) is 0 Å². The van der Waals surface area contributed by atoms with Gasteiger partial charge in [-0.3, -0.25) is 0 Å². The van der Waals surface area contributed by atoms with Gasteiger partial charge in [0.15, 0.2) is 11.0 Å². The highest BCUT2D eigenvalue weighted by atomic mass is 35.5. The van der Waals surface area contributed by atoms with Crippen molar-refractivity contribution in [3.8, 4) is 5.88 Å². The first-order valence-corrected chi connectivity index (χ1v) is 5.11. The van der Waals surface area contributed by atoms with Crippen LogP contribution in [0, 0.1) is 0 Å². The zero-order valence-electron chi connectivity index (χ0n) is 9.42. The molecule has 0 spiro atoms. The summed E-state index contributed by atoms with van der Waals surface area (Å²) in [6, 6.07) is 3.52. The van der Waals surface area contributed by atoms with Crippen molar-refractivity contribution in [2.45, 2.75) is 0 Å². The number of pyridine rings is 1.